The Balaban J connectivity index is 1.58. The highest BCUT2D eigenvalue weighted by Crippen LogP contribution is 2.25. The molecule has 0 saturated carbocycles. The molecule has 2 amide bonds. The highest BCUT2D eigenvalue weighted by atomic mass is 32.2. The van der Waals surface area contributed by atoms with E-state index in [0.717, 1.165) is 0 Å². The Labute approximate surface area is 192 Å². The minimum Gasteiger partial charge on any atom is -0.497 e. The van der Waals surface area contributed by atoms with Crippen LogP contribution in [-0.4, -0.2) is 55.8 Å². The van der Waals surface area contributed by atoms with E-state index in [0.29, 0.717) is 23.7 Å². The first-order chi connectivity index (χ1) is 15.2. The average molecular weight is 481 g/mol. The molecule has 32 heavy (non-hydrogen) atoms. The SMILES string of the molecule is COc1ccc(S(=O)(=O)N2CCC(C(=O)N[C@@H](C(=O)Nc3nccs3)C(C)C)CC2)cc1. The number of sulfonamides is 1. The largest absolute Gasteiger partial charge is 0.497 e. The molecule has 0 radical (unpaired) electrons. The summed E-state index contributed by atoms with van der Waals surface area (Å²) in [6.07, 6.45) is 2.37. The van der Waals surface area contributed by atoms with E-state index in [1.165, 1.54) is 34.9 Å². The van der Waals surface area contributed by atoms with Gasteiger partial charge in [0.05, 0.1) is 12.0 Å². The number of methoxy groups -OCH3 is 1. The molecule has 3 rings (SSSR count). The number of carbonyl (C=O) groups excluding carboxylic acids is 2. The smallest absolute Gasteiger partial charge is 0.248 e. The van der Waals surface area contributed by atoms with Crippen LogP contribution in [0.4, 0.5) is 5.13 Å². The molecule has 1 atom stereocenters. The number of ether oxygens (including phenoxy) is 1. The van der Waals surface area contributed by atoms with Gasteiger partial charge in [-0.25, -0.2) is 13.4 Å². The summed E-state index contributed by atoms with van der Waals surface area (Å²) >= 11 is 1.30. The molecular weight excluding hydrogens is 452 g/mol. The van der Waals surface area contributed by atoms with Crippen molar-refractivity contribution >= 4 is 38.3 Å². The molecule has 174 valence electrons. The van der Waals surface area contributed by atoms with Crippen molar-refractivity contribution in [3.63, 3.8) is 0 Å². The Hall–Kier alpha value is -2.50. The van der Waals surface area contributed by atoms with Crippen molar-refractivity contribution in [1.29, 1.82) is 0 Å². The second-order valence-corrected chi connectivity index (χ2v) is 10.7. The van der Waals surface area contributed by atoms with Crippen LogP contribution >= 0.6 is 11.3 Å². The number of rotatable bonds is 8. The third kappa shape index (κ3) is 5.64. The van der Waals surface area contributed by atoms with Gasteiger partial charge in [0.15, 0.2) is 5.13 Å². The summed E-state index contributed by atoms with van der Waals surface area (Å²) in [5, 5.41) is 7.80. The Morgan fingerprint density at radius 3 is 2.38 bits per heavy atom. The lowest BCUT2D eigenvalue weighted by atomic mass is 9.95. The lowest BCUT2D eigenvalue weighted by molar-refractivity contribution is -0.130. The Morgan fingerprint density at radius 2 is 1.84 bits per heavy atom. The van der Waals surface area contributed by atoms with Gasteiger partial charge in [-0.2, -0.15) is 4.31 Å². The topological polar surface area (TPSA) is 118 Å². The number of benzene rings is 1. The molecule has 9 nitrogen and oxygen atoms in total. The monoisotopic (exact) mass is 480 g/mol. The van der Waals surface area contributed by atoms with Crippen molar-refractivity contribution < 1.29 is 22.7 Å². The molecule has 11 heteroatoms. The van der Waals surface area contributed by atoms with Gasteiger partial charge in [-0.1, -0.05) is 13.8 Å². The van der Waals surface area contributed by atoms with E-state index in [4.69, 9.17) is 4.74 Å². The zero-order valence-corrected chi connectivity index (χ0v) is 19.9. The third-order valence-corrected chi connectivity index (χ3v) is 8.03. The van der Waals surface area contributed by atoms with Gasteiger partial charge in [-0.3, -0.25) is 9.59 Å². The standard InChI is InChI=1S/C21H28N4O5S2/c1-14(2)18(20(27)24-21-22-10-13-31-21)23-19(26)15-8-11-25(12-9-15)32(28,29)17-6-4-16(30-3)5-7-17/h4-7,10,13-15,18H,8-9,11-12H2,1-3H3,(H,23,26)(H,22,24,27)/t18-/m1/s1. The molecule has 2 N–H and O–H groups in total. The maximum atomic E-state index is 12.9. The van der Waals surface area contributed by atoms with Gasteiger partial charge in [-0.15, -0.1) is 11.3 Å². The quantitative estimate of drug-likeness (QED) is 0.599. The Morgan fingerprint density at radius 1 is 1.19 bits per heavy atom. The molecule has 1 fully saturated rings. The van der Waals surface area contributed by atoms with E-state index in [1.807, 2.05) is 13.8 Å². The highest BCUT2D eigenvalue weighted by Gasteiger charge is 2.34. The summed E-state index contributed by atoms with van der Waals surface area (Å²) < 4.78 is 32.3. The second-order valence-electron chi connectivity index (χ2n) is 7.91. The summed E-state index contributed by atoms with van der Waals surface area (Å²) in [6.45, 7) is 4.20. The van der Waals surface area contributed by atoms with Crippen LogP contribution in [0.15, 0.2) is 40.7 Å². The minimum absolute atomic E-state index is 0.116. The number of amides is 2. The zero-order valence-electron chi connectivity index (χ0n) is 18.3. The number of piperidine rings is 1. The first-order valence-corrected chi connectivity index (χ1v) is 12.7. The molecule has 1 aliphatic heterocycles. The molecule has 2 heterocycles. The predicted octanol–water partition coefficient (Wildman–Crippen LogP) is 2.33. The molecule has 0 aliphatic carbocycles. The van der Waals surface area contributed by atoms with E-state index < -0.39 is 16.1 Å². The van der Waals surface area contributed by atoms with Crippen molar-refractivity contribution in [3.05, 3.63) is 35.8 Å². The lowest BCUT2D eigenvalue weighted by Gasteiger charge is -2.31. The number of carbonyl (C=O) groups is 2. The van der Waals surface area contributed by atoms with Crippen LogP contribution in [0.25, 0.3) is 0 Å². The molecule has 0 unspecified atom stereocenters. The fourth-order valence-corrected chi connectivity index (χ4v) is 5.53. The van der Waals surface area contributed by atoms with Gasteiger partial charge in [0.1, 0.15) is 11.8 Å². The minimum atomic E-state index is -3.64. The van der Waals surface area contributed by atoms with Crippen LogP contribution in [0, 0.1) is 11.8 Å². The number of hydrogen-bond donors (Lipinski definition) is 2. The first kappa shape index (κ1) is 24.1. The van der Waals surface area contributed by atoms with Crippen molar-refractivity contribution in [2.75, 3.05) is 25.5 Å². The van der Waals surface area contributed by atoms with Crippen LogP contribution in [-0.2, 0) is 19.6 Å². The van der Waals surface area contributed by atoms with Gasteiger partial charge >= 0.3 is 0 Å². The first-order valence-electron chi connectivity index (χ1n) is 10.4. The maximum Gasteiger partial charge on any atom is 0.248 e. The number of nitrogens with zero attached hydrogens (tertiary/aromatic N) is 2. The zero-order chi connectivity index (χ0) is 23.3. The average Bonchev–Trinajstić information content (AvgIpc) is 3.30. The van der Waals surface area contributed by atoms with E-state index >= 15 is 0 Å². The number of thiazole rings is 1. The van der Waals surface area contributed by atoms with E-state index in [2.05, 4.69) is 15.6 Å². The Bertz CT molecular complexity index is 1010. The van der Waals surface area contributed by atoms with Gasteiger partial charge < -0.3 is 15.4 Å². The van der Waals surface area contributed by atoms with E-state index in [-0.39, 0.29) is 41.6 Å². The second kappa shape index (κ2) is 10.4. The van der Waals surface area contributed by atoms with Gasteiger partial charge in [0, 0.05) is 30.6 Å². The van der Waals surface area contributed by atoms with Crippen LogP contribution in [0.5, 0.6) is 5.75 Å². The lowest BCUT2D eigenvalue weighted by Crippen LogP contribution is -2.50. The van der Waals surface area contributed by atoms with Gasteiger partial charge in [0.2, 0.25) is 21.8 Å². The van der Waals surface area contributed by atoms with Gasteiger partial charge in [-0.05, 0) is 43.0 Å². The molecule has 1 aliphatic rings. The maximum absolute atomic E-state index is 12.9. The molecule has 0 spiro atoms. The summed E-state index contributed by atoms with van der Waals surface area (Å²) in [5.74, 6) is -0.444. The van der Waals surface area contributed by atoms with Crippen LogP contribution in [0.3, 0.4) is 0 Å². The molecule has 0 bridgehead atoms. The summed E-state index contributed by atoms with van der Waals surface area (Å²) in [4.78, 5) is 29.7. The summed E-state index contributed by atoms with van der Waals surface area (Å²) in [6, 6.07) is 5.54. The normalized spacial score (nSPS) is 16.5. The molecule has 2 aromatic rings. The number of nitrogens with one attached hydrogen (secondary N) is 2. The van der Waals surface area contributed by atoms with Crippen LogP contribution in [0.1, 0.15) is 26.7 Å². The van der Waals surface area contributed by atoms with Crippen LogP contribution in [0.2, 0.25) is 0 Å². The van der Waals surface area contributed by atoms with Gasteiger partial charge in [0.25, 0.3) is 0 Å². The molecule has 1 saturated heterocycles. The van der Waals surface area contributed by atoms with Crippen molar-refractivity contribution in [2.24, 2.45) is 11.8 Å². The fourth-order valence-electron chi connectivity index (χ4n) is 3.53. The van der Waals surface area contributed by atoms with E-state index in [1.54, 1.807) is 23.7 Å². The van der Waals surface area contributed by atoms with Crippen molar-refractivity contribution in [3.8, 4) is 5.75 Å². The van der Waals surface area contributed by atoms with Crippen LogP contribution < -0.4 is 15.4 Å². The number of aromatic nitrogens is 1. The summed E-state index contributed by atoms with van der Waals surface area (Å²) in [5.41, 5.74) is 0. The molecule has 1 aromatic heterocycles. The third-order valence-electron chi connectivity index (χ3n) is 5.43. The fraction of sp³-hybridized carbons (Fsp3) is 0.476. The number of hydrogen-bond acceptors (Lipinski definition) is 7. The van der Waals surface area contributed by atoms with E-state index in [9.17, 15) is 18.0 Å². The molecule has 1 aromatic carbocycles. The molecular formula is C21H28N4O5S2. The van der Waals surface area contributed by atoms with Crippen molar-refractivity contribution in [2.45, 2.75) is 37.6 Å². The number of anilines is 1. The summed E-state index contributed by atoms with van der Waals surface area (Å²) in [7, 11) is -2.12. The Kier molecular flexibility index (Phi) is 7.86. The predicted molar refractivity (Wildman–Crippen MR) is 122 cm³/mol. The van der Waals surface area contributed by atoms with Crippen molar-refractivity contribution in [1.82, 2.24) is 14.6 Å². The highest BCUT2D eigenvalue weighted by molar-refractivity contribution is 7.89.